The summed E-state index contributed by atoms with van der Waals surface area (Å²) >= 11 is 0. The Bertz CT molecular complexity index is 888. The molecule has 1 saturated carbocycles. The van der Waals surface area contributed by atoms with Crippen LogP contribution in [0.2, 0.25) is 0 Å². The second-order valence-corrected chi connectivity index (χ2v) is 9.06. The standard InChI is InChI=1S/C23H29N5O2/c1-22(18-5-3-2-4-6-18)7-9-23(10-8-22)17-28(21(29)26-23)19-15-24-20(25-16-19)27-11-13-30-14-12-27/h2-6,15-16H,7-14,17H2,1H3,(H,26,29)/t22-,23-. The number of morpholine rings is 1. The largest absolute Gasteiger partial charge is 0.378 e. The average molecular weight is 408 g/mol. The molecular weight excluding hydrogens is 378 g/mol. The van der Waals surface area contributed by atoms with Crippen molar-refractivity contribution >= 4 is 17.7 Å². The fourth-order valence-electron chi connectivity index (χ4n) is 4.99. The molecule has 0 unspecified atom stereocenters. The van der Waals surface area contributed by atoms with E-state index in [9.17, 15) is 4.79 Å². The molecule has 30 heavy (non-hydrogen) atoms. The first-order valence-electron chi connectivity index (χ1n) is 10.9. The molecule has 7 nitrogen and oxygen atoms in total. The van der Waals surface area contributed by atoms with Gasteiger partial charge in [-0.1, -0.05) is 37.3 Å². The summed E-state index contributed by atoms with van der Waals surface area (Å²) in [4.78, 5) is 25.7. The normalized spacial score (nSPS) is 29.3. The minimum atomic E-state index is -0.158. The van der Waals surface area contributed by atoms with E-state index < -0.39 is 0 Å². The molecule has 2 saturated heterocycles. The van der Waals surface area contributed by atoms with Crippen molar-refractivity contribution in [3.63, 3.8) is 0 Å². The number of rotatable bonds is 3. The zero-order valence-electron chi connectivity index (χ0n) is 17.5. The maximum atomic E-state index is 12.8. The van der Waals surface area contributed by atoms with E-state index in [1.807, 2.05) is 0 Å². The van der Waals surface area contributed by atoms with Gasteiger partial charge in [0.15, 0.2) is 0 Å². The third-order valence-corrected chi connectivity index (χ3v) is 7.09. The van der Waals surface area contributed by atoms with Gasteiger partial charge in [-0.3, -0.25) is 4.90 Å². The molecule has 0 radical (unpaired) electrons. The van der Waals surface area contributed by atoms with E-state index in [2.05, 4.69) is 57.4 Å². The van der Waals surface area contributed by atoms with Gasteiger partial charge in [0.2, 0.25) is 5.95 Å². The molecule has 3 fully saturated rings. The van der Waals surface area contributed by atoms with Gasteiger partial charge in [0.25, 0.3) is 0 Å². The maximum Gasteiger partial charge on any atom is 0.322 e. The van der Waals surface area contributed by atoms with Gasteiger partial charge in [0.1, 0.15) is 0 Å². The summed E-state index contributed by atoms with van der Waals surface area (Å²) in [6.07, 6.45) is 7.64. The van der Waals surface area contributed by atoms with Crippen LogP contribution in [0.25, 0.3) is 0 Å². The summed E-state index contributed by atoms with van der Waals surface area (Å²) < 4.78 is 5.39. The number of ether oxygens (including phenoxy) is 1. The number of benzene rings is 1. The lowest BCUT2D eigenvalue weighted by Crippen LogP contribution is -2.49. The number of urea groups is 1. The number of carbonyl (C=O) groups is 1. The van der Waals surface area contributed by atoms with E-state index in [1.165, 1.54) is 5.56 Å². The fraction of sp³-hybridized carbons (Fsp3) is 0.522. The molecule has 7 heteroatoms. The number of amides is 2. The van der Waals surface area contributed by atoms with Crippen LogP contribution in [0, 0.1) is 0 Å². The topological polar surface area (TPSA) is 70.6 Å². The van der Waals surface area contributed by atoms with Crippen LogP contribution >= 0.6 is 0 Å². The van der Waals surface area contributed by atoms with Gasteiger partial charge in [-0.05, 0) is 36.7 Å². The zero-order chi connectivity index (χ0) is 20.6. The van der Waals surface area contributed by atoms with Gasteiger partial charge in [0, 0.05) is 13.1 Å². The van der Waals surface area contributed by atoms with Crippen LogP contribution < -0.4 is 15.1 Å². The Morgan fingerprint density at radius 1 is 1.00 bits per heavy atom. The summed E-state index contributed by atoms with van der Waals surface area (Å²) in [6, 6.07) is 10.7. The molecule has 2 aliphatic heterocycles. The summed E-state index contributed by atoms with van der Waals surface area (Å²) in [5, 5.41) is 3.29. The Labute approximate surface area is 177 Å². The van der Waals surface area contributed by atoms with Crippen molar-refractivity contribution in [3.05, 3.63) is 48.3 Å². The van der Waals surface area contributed by atoms with E-state index in [4.69, 9.17) is 4.74 Å². The Hall–Kier alpha value is -2.67. The Balaban J connectivity index is 1.27. The average Bonchev–Trinajstić information content (AvgIpc) is 3.13. The zero-order valence-corrected chi connectivity index (χ0v) is 17.5. The van der Waals surface area contributed by atoms with Gasteiger partial charge in [-0.25, -0.2) is 14.8 Å². The fourth-order valence-corrected chi connectivity index (χ4v) is 4.99. The van der Waals surface area contributed by atoms with E-state index >= 15 is 0 Å². The lowest BCUT2D eigenvalue weighted by molar-refractivity contribution is 0.122. The van der Waals surface area contributed by atoms with Crippen molar-refractivity contribution in [1.82, 2.24) is 15.3 Å². The SMILES string of the molecule is C[C@]1(c2ccccc2)CC[C@]2(CC1)CN(c1cnc(N3CCOCC3)nc1)C(=O)N2. The number of carbonyl (C=O) groups excluding carboxylic acids is 1. The molecule has 2 aromatic rings. The summed E-state index contributed by atoms with van der Waals surface area (Å²) in [6.45, 7) is 6.02. The summed E-state index contributed by atoms with van der Waals surface area (Å²) in [5.41, 5.74) is 2.17. The predicted molar refractivity (Wildman–Crippen MR) is 116 cm³/mol. The maximum absolute atomic E-state index is 12.8. The highest BCUT2D eigenvalue weighted by atomic mass is 16.5. The number of nitrogens with zero attached hydrogens (tertiary/aromatic N) is 4. The minimum Gasteiger partial charge on any atom is -0.378 e. The molecule has 1 aromatic carbocycles. The first kappa shape index (κ1) is 19.3. The van der Waals surface area contributed by atoms with Gasteiger partial charge in [0.05, 0.1) is 43.4 Å². The van der Waals surface area contributed by atoms with Crippen molar-refractivity contribution in [2.45, 2.75) is 43.6 Å². The van der Waals surface area contributed by atoms with E-state index in [-0.39, 0.29) is 17.0 Å². The van der Waals surface area contributed by atoms with Crippen molar-refractivity contribution < 1.29 is 9.53 Å². The van der Waals surface area contributed by atoms with Crippen LogP contribution in [-0.2, 0) is 10.2 Å². The molecule has 3 heterocycles. The van der Waals surface area contributed by atoms with Crippen LogP contribution in [-0.4, -0.2) is 54.4 Å². The third kappa shape index (κ3) is 3.51. The molecule has 3 aliphatic rings. The lowest BCUT2D eigenvalue weighted by atomic mass is 9.65. The monoisotopic (exact) mass is 407 g/mol. The first-order valence-corrected chi connectivity index (χ1v) is 10.9. The van der Waals surface area contributed by atoms with Gasteiger partial charge in [-0.2, -0.15) is 0 Å². The number of hydrogen-bond acceptors (Lipinski definition) is 5. The molecular formula is C23H29N5O2. The van der Waals surface area contributed by atoms with Crippen molar-refractivity contribution in [3.8, 4) is 0 Å². The highest BCUT2D eigenvalue weighted by Gasteiger charge is 2.48. The first-order chi connectivity index (χ1) is 14.6. The van der Waals surface area contributed by atoms with Crippen molar-refractivity contribution in [2.75, 3.05) is 42.6 Å². The number of hydrogen-bond donors (Lipinski definition) is 1. The number of anilines is 2. The van der Waals surface area contributed by atoms with Crippen molar-refractivity contribution in [1.29, 1.82) is 0 Å². The van der Waals surface area contributed by atoms with Crippen molar-refractivity contribution in [2.24, 2.45) is 0 Å². The predicted octanol–water partition coefficient (Wildman–Crippen LogP) is 3.11. The van der Waals surface area contributed by atoms with Crippen LogP contribution in [0.3, 0.4) is 0 Å². The molecule has 1 spiro atoms. The molecule has 2 amide bonds. The van der Waals surface area contributed by atoms with Crippen LogP contribution in [0.15, 0.2) is 42.7 Å². The highest BCUT2D eigenvalue weighted by molar-refractivity contribution is 5.95. The molecule has 0 bridgehead atoms. The molecule has 1 aromatic heterocycles. The van der Waals surface area contributed by atoms with Crippen LogP contribution in [0.1, 0.15) is 38.2 Å². The number of nitrogens with one attached hydrogen (secondary N) is 1. The van der Waals surface area contributed by atoms with Gasteiger partial charge < -0.3 is 15.0 Å². The smallest absolute Gasteiger partial charge is 0.322 e. The quantitative estimate of drug-likeness (QED) is 0.847. The van der Waals surface area contributed by atoms with Crippen LogP contribution in [0.4, 0.5) is 16.4 Å². The minimum absolute atomic E-state index is 0.0407. The van der Waals surface area contributed by atoms with Gasteiger partial charge in [-0.15, -0.1) is 0 Å². The molecule has 158 valence electrons. The highest BCUT2D eigenvalue weighted by Crippen LogP contribution is 2.44. The van der Waals surface area contributed by atoms with E-state index in [0.717, 1.165) is 44.5 Å². The van der Waals surface area contributed by atoms with Gasteiger partial charge >= 0.3 is 6.03 Å². The number of aromatic nitrogens is 2. The molecule has 5 rings (SSSR count). The Morgan fingerprint density at radius 2 is 1.67 bits per heavy atom. The Morgan fingerprint density at radius 3 is 2.33 bits per heavy atom. The molecule has 0 atom stereocenters. The molecule has 1 N–H and O–H groups in total. The van der Waals surface area contributed by atoms with E-state index in [0.29, 0.717) is 25.7 Å². The van der Waals surface area contributed by atoms with Crippen LogP contribution in [0.5, 0.6) is 0 Å². The summed E-state index contributed by atoms with van der Waals surface area (Å²) in [5.74, 6) is 0.702. The second kappa shape index (κ2) is 7.54. The third-order valence-electron chi connectivity index (χ3n) is 7.09. The molecule has 1 aliphatic carbocycles. The summed E-state index contributed by atoms with van der Waals surface area (Å²) in [7, 11) is 0. The second-order valence-electron chi connectivity index (χ2n) is 9.06. The lowest BCUT2D eigenvalue weighted by Gasteiger charge is -2.43. The Kier molecular flexibility index (Phi) is 4.85. The van der Waals surface area contributed by atoms with E-state index in [1.54, 1.807) is 17.3 Å².